The number of halogens is 2. The molecule has 1 aromatic rings. The Hall–Kier alpha value is -0.0500. The van der Waals surface area contributed by atoms with Crippen LogP contribution >= 0.6 is 27.5 Å². The second-order valence-corrected chi connectivity index (χ2v) is 4.63. The first-order valence-electron chi connectivity index (χ1n) is 4.73. The topological polar surface area (TPSA) is 12.0 Å². The predicted molar refractivity (Wildman–Crippen MR) is 66.0 cm³/mol. The standard InChI is InChI=1S/C11H15BrClN/c1-4-11(14-3)8-6-10(13)7(2)5-9(8)12/h5-6,11,14H,4H2,1-3H3. The highest BCUT2D eigenvalue weighted by Crippen LogP contribution is 2.30. The molecule has 1 nitrogen and oxygen atoms in total. The summed E-state index contributed by atoms with van der Waals surface area (Å²) in [6.07, 6.45) is 1.05. The molecule has 0 amide bonds. The van der Waals surface area contributed by atoms with Crippen LogP contribution in [-0.4, -0.2) is 7.05 Å². The van der Waals surface area contributed by atoms with E-state index in [2.05, 4.69) is 34.2 Å². The largest absolute Gasteiger partial charge is 0.313 e. The van der Waals surface area contributed by atoms with Gasteiger partial charge in [0.2, 0.25) is 0 Å². The maximum atomic E-state index is 6.10. The van der Waals surface area contributed by atoms with Gasteiger partial charge in [0.1, 0.15) is 0 Å². The van der Waals surface area contributed by atoms with E-state index in [0.29, 0.717) is 6.04 Å². The molecule has 0 heterocycles. The summed E-state index contributed by atoms with van der Waals surface area (Å²) in [6.45, 7) is 4.17. The van der Waals surface area contributed by atoms with Crippen molar-refractivity contribution >= 4 is 27.5 Å². The molecule has 0 bridgehead atoms. The van der Waals surface area contributed by atoms with Crippen LogP contribution in [0, 0.1) is 6.92 Å². The van der Waals surface area contributed by atoms with Gasteiger partial charge in [-0.15, -0.1) is 0 Å². The molecule has 0 aliphatic heterocycles. The SMILES string of the molecule is CCC(NC)c1cc(Cl)c(C)cc1Br. The fraction of sp³-hybridized carbons (Fsp3) is 0.455. The Kier molecular flexibility index (Phi) is 4.42. The van der Waals surface area contributed by atoms with Crippen LogP contribution in [0.5, 0.6) is 0 Å². The minimum atomic E-state index is 0.363. The summed E-state index contributed by atoms with van der Waals surface area (Å²) in [5.74, 6) is 0. The van der Waals surface area contributed by atoms with Crippen molar-refractivity contribution in [3.8, 4) is 0 Å². The number of nitrogens with one attached hydrogen (secondary N) is 1. The molecule has 0 aliphatic rings. The average molecular weight is 277 g/mol. The monoisotopic (exact) mass is 275 g/mol. The van der Waals surface area contributed by atoms with Gasteiger partial charge in [0, 0.05) is 15.5 Å². The fourth-order valence-electron chi connectivity index (χ4n) is 1.51. The third kappa shape index (κ3) is 2.50. The molecule has 0 radical (unpaired) electrons. The van der Waals surface area contributed by atoms with Crippen LogP contribution in [-0.2, 0) is 0 Å². The minimum Gasteiger partial charge on any atom is -0.313 e. The van der Waals surface area contributed by atoms with Gasteiger partial charge in [0.15, 0.2) is 0 Å². The van der Waals surface area contributed by atoms with E-state index < -0.39 is 0 Å². The molecule has 1 atom stereocenters. The first-order valence-corrected chi connectivity index (χ1v) is 5.90. The maximum absolute atomic E-state index is 6.10. The van der Waals surface area contributed by atoms with Crippen molar-refractivity contribution in [2.24, 2.45) is 0 Å². The van der Waals surface area contributed by atoms with E-state index in [1.54, 1.807) is 0 Å². The van der Waals surface area contributed by atoms with Crippen molar-refractivity contribution in [1.29, 1.82) is 0 Å². The molecule has 1 unspecified atom stereocenters. The van der Waals surface area contributed by atoms with Gasteiger partial charge < -0.3 is 5.32 Å². The molecule has 1 rings (SSSR count). The van der Waals surface area contributed by atoms with Gasteiger partial charge in [-0.3, -0.25) is 0 Å². The highest BCUT2D eigenvalue weighted by molar-refractivity contribution is 9.10. The summed E-state index contributed by atoms with van der Waals surface area (Å²) < 4.78 is 1.13. The van der Waals surface area contributed by atoms with E-state index in [1.165, 1.54) is 5.56 Å². The van der Waals surface area contributed by atoms with E-state index in [1.807, 2.05) is 20.0 Å². The highest BCUT2D eigenvalue weighted by atomic mass is 79.9. The third-order valence-electron chi connectivity index (χ3n) is 2.41. The quantitative estimate of drug-likeness (QED) is 0.877. The van der Waals surface area contributed by atoms with Crippen LogP contribution in [0.15, 0.2) is 16.6 Å². The van der Waals surface area contributed by atoms with E-state index in [9.17, 15) is 0 Å². The lowest BCUT2D eigenvalue weighted by molar-refractivity contribution is 0.574. The van der Waals surface area contributed by atoms with Crippen molar-refractivity contribution < 1.29 is 0 Å². The van der Waals surface area contributed by atoms with Crippen LogP contribution in [0.1, 0.15) is 30.5 Å². The van der Waals surface area contributed by atoms with Crippen molar-refractivity contribution in [2.75, 3.05) is 7.05 Å². The second-order valence-electron chi connectivity index (χ2n) is 3.37. The van der Waals surface area contributed by atoms with E-state index >= 15 is 0 Å². The van der Waals surface area contributed by atoms with Crippen LogP contribution in [0.3, 0.4) is 0 Å². The summed E-state index contributed by atoms with van der Waals surface area (Å²) in [6, 6.07) is 4.46. The Labute approximate surface area is 99.0 Å². The molecule has 0 saturated carbocycles. The number of aryl methyl sites for hydroxylation is 1. The predicted octanol–water partition coefficient (Wildman–Crippen LogP) is 4.08. The lowest BCUT2D eigenvalue weighted by atomic mass is 10.0. The minimum absolute atomic E-state index is 0.363. The molecule has 1 N–H and O–H groups in total. The van der Waals surface area contributed by atoms with Crippen molar-refractivity contribution in [3.05, 3.63) is 32.8 Å². The summed E-state index contributed by atoms with van der Waals surface area (Å²) in [5.41, 5.74) is 2.33. The lowest BCUT2D eigenvalue weighted by Crippen LogP contribution is -2.15. The number of hydrogen-bond donors (Lipinski definition) is 1. The molecule has 0 aromatic heterocycles. The van der Waals surface area contributed by atoms with E-state index in [4.69, 9.17) is 11.6 Å². The van der Waals surface area contributed by atoms with E-state index in [-0.39, 0.29) is 0 Å². The lowest BCUT2D eigenvalue weighted by Gasteiger charge is -2.17. The molecule has 0 aliphatic carbocycles. The normalized spacial score (nSPS) is 12.9. The summed E-state index contributed by atoms with van der Waals surface area (Å²) in [7, 11) is 1.97. The number of benzene rings is 1. The Bertz CT molecular complexity index is 321. The van der Waals surface area contributed by atoms with Gasteiger partial charge in [0.25, 0.3) is 0 Å². The van der Waals surface area contributed by atoms with Crippen molar-refractivity contribution in [2.45, 2.75) is 26.3 Å². The van der Waals surface area contributed by atoms with Crippen LogP contribution in [0.4, 0.5) is 0 Å². The zero-order chi connectivity index (χ0) is 10.7. The first-order chi connectivity index (χ1) is 6.60. The van der Waals surface area contributed by atoms with Crippen LogP contribution < -0.4 is 5.32 Å². The molecular formula is C11H15BrClN. The van der Waals surface area contributed by atoms with Crippen molar-refractivity contribution in [1.82, 2.24) is 5.32 Å². The first kappa shape index (κ1) is 12.0. The molecule has 0 spiro atoms. The van der Waals surface area contributed by atoms with Gasteiger partial charge in [-0.05, 0) is 43.7 Å². The smallest absolute Gasteiger partial charge is 0.0439 e. The summed E-state index contributed by atoms with van der Waals surface area (Å²) in [4.78, 5) is 0. The molecule has 1 aromatic carbocycles. The van der Waals surface area contributed by atoms with Crippen molar-refractivity contribution in [3.63, 3.8) is 0 Å². The Morgan fingerprint density at radius 2 is 2.14 bits per heavy atom. The van der Waals surface area contributed by atoms with Gasteiger partial charge in [-0.2, -0.15) is 0 Å². The van der Waals surface area contributed by atoms with Gasteiger partial charge in [-0.25, -0.2) is 0 Å². The number of rotatable bonds is 3. The molecule has 78 valence electrons. The zero-order valence-electron chi connectivity index (χ0n) is 8.70. The molecular weight excluding hydrogens is 261 g/mol. The van der Waals surface area contributed by atoms with Gasteiger partial charge in [-0.1, -0.05) is 34.5 Å². The third-order valence-corrected chi connectivity index (χ3v) is 3.50. The summed E-state index contributed by atoms with van der Waals surface area (Å²) in [5, 5.41) is 4.10. The van der Waals surface area contributed by atoms with Crippen LogP contribution in [0.2, 0.25) is 5.02 Å². The molecule has 0 saturated heterocycles. The molecule has 3 heteroatoms. The highest BCUT2D eigenvalue weighted by Gasteiger charge is 2.12. The average Bonchev–Trinajstić information content (AvgIpc) is 2.15. The Balaban J connectivity index is 3.14. The molecule has 14 heavy (non-hydrogen) atoms. The van der Waals surface area contributed by atoms with E-state index in [0.717, 1.165) is 21.5 Å². The Morgan fingerprint density at radius 1 is 1.50 bits per heavy atom. The Morgan fingerprint density at radius 3 is 2.64 bits per heavy atom. The summed E-state index contributed by atoms with van der Waals surface area (Å²) >= 11 is 9.66. The van der Waals surface area contributed by atoms with Gasteiger partial charge >= 0.3 is 0 Å². The number of hydrogen-bond acceptors (Lipinski definition) is 1. The maximum Gasteiger partial charge on any atom is 0.0439 e. The van der Waals surface area contributed by atoms with Crippen LogP contribution in [0.25, 0.3) is 0 Å². The van der Waals surface area contributed by atoms with Gasteiger partial charge in [0.05, 0.1) is 0 Å². The molecule has 0 fully saturated rings. The fourth-order valence-corrected chi connectivity index (χ4v) is 2.41. The second kappa shape index (κ2) is 5.15. The zero-order valence-corrected chi connectivity index (χ0v) is 11.0.